The van der Waals surface area contributed by atoms with Crippen LogP contribution in [-0.2, 0) is 11.2 Å². The van der Waals surface area contributed by atoms with E-state index in [-0.39, 0.29) is 24.2 Å². The van der Waals surface area contributed by atoms with Crippen molar-refractivity contribution in [3.63, 3.8) is 0 Å². The van der Waals surface area contributed by atoms with E-state index in [2.05, 4.69) is 41.4 Å². The second kappa shape index (κ2) is 8.35. The Morgan fingerprint density at radius 2 is 1.73 bits per heavy atom. The van der Waals surface area contributed by atoms with Crippen LogP contribution in [0.2, 0.25) is 0 Å². The van der Waals surface area contributed by atoms with E-state index in [1.807, 2.05) is 6.92 Å². The van der Waals surface area contributed by atoms with Crippen molar-refractivity contribution >= 4 is 11.6 Å². The lowest BCUT2D eigenvalue weighted by atomic mass is 9.98. The number of hydrogen-bond donors (Lipinski definition) is 1. The summed E-state index contributed by atoms with van der Waals surface area (Å²) >= 11 is 0. The van der Waals surface area contributed by atoms with Crippen molar-refractivity contribution in [2.24, 2.45) is 5.92 Å². The van der Waals surface area contributed by atoms with Gasteiger partial charge in [-0.3, -0.25) is 4.79 Å². The highest BCUT2D eigenvalue weighted by Crippen LogP contribution is 2.24. The SMILES string of the molecule is CC1CCN(c2ccc([C@@H](C)NC(=O)Cc3ccc(F)cc3)cc2)CC1. The van der Waals surface area contributed by atoms with Gasteiger partial charge in [-0.05, 0) is 61.1 Å². The van der Waals surface area contributed by atoms with Crippen molar-refractivity contribution in [2.75, 3.05) is 18.0 Å². The summed E-state index contributed by atoms with van der Waals surface area (Å²) in [6, 6.07) is 14.5. The standard InChI is InChI=1S/C22H27FN2O/c1-16-11-13-25(14-12-16)21-9-5-19(6-10-21)17(2)24-22(26)15-18-3-7-20(23)8-4-18/h3-10,16-17H,11-15H2,1-2H3,(H,24,26)/t17-/m1/s1. The van der Waals surface area contributed by atoms with Gasteiger partial charge in [-0.25, -0.2) is 4.39 Å². The Balaban J connectivity index is 1.54. The summed E-state index contributed by atoms with van der Waals surface area (Å²) < 4.78 is 12.9. The fourth-order valence-corrected chi connectivity index (χ4v) is 3.40. The zero-order valence-electron chi connectivity index (χ0n) is 15.5. The first-order valence-corrected chi connectivity index (χ1v) is 9.40. The molecule has 0 aliphatic carbocycles. The molecular weight excluding hydrogens is 327 g/mol. The Hall–Kier alpha value is -2.36. The number of nitrogens with one attached hydrogen (secondary N) is 1. The minimum Gasteiger partial charge on any atom is -0.372 e. The normalized spacial score (nSPS) is 16.3. The van der Waals surface area contributed by atoms with Gasteiger partial charge in [0.1, 0.15) is 5.82 Å². The van der Waals surface area contributed by atoms with Crippen LogP contribution in [0.4, 0.5) is 10.1 Å². The molecule has 1 aliphatic heterocycles. The van der Waals surface area contributed by atoms with Crippen LogP contribution >= 0.6 is 0 Å². The van der Waals surface area contributed by atoms with Gasteiger partial charge in [-0.15, -0.1) is 0 Å². The average Bonchev–Trinajstić information content (AvgIpc) is 2.64. The summed E-state index contributed by atoms with van der Waals surface area (Å²) in [5.74, 6) is 0.478. The lowest BCUT2D eigenvalue weighted by Gasteiger charge is -2.32. The highest BCUT2D eigenvalue weighted by Gasteiger charge is 2.16. The number of carbonyl (C=O) groups excluding carboxylic acids is 1. The first-order valence-electron chi connectivity index (χ1n) is 9.40. The molecule has 4 heteroatoms. The molecule has 1 N–H and O–H groups in total. The molecule has 1 fully saturated rings. The van der Waals surface area contributed by atoms with Crippen molar-refractivity contribution in [2.45, 2.75) is 39.2 Å². The van der Waals surface area contributed by atoms with E-state index in [9.17, 15) is 9.18 Å². The van der Waals surface area contributed by atoms with Crippen LogP contribution in [0.3, 0.4) is 0 Å². The lowest BCUT2D eigenvalue weighted by molar-refractivity contribution is -0.121. The number of halogens is 1. The summed E-state index contributed by atoms with van der Waals surface area (Å²) in [6.07, 6.45) is 2.75. The Labute approximate surface area is 155 Å². The van der Waals surface area contributed by atoms with Gasteiger partial charge in [-0.2, -0.15) is 0 Å². The zero-order valence-corrected chi connectivity index (χ0v) is 15.5. The molecule has 3 nitrogen and oxygen atoms in total. The van der Waals surface area contributed by atoms with E-state index in [0.717, 1.165) is 30.1 Å². The van der Waals surface area contributed by atoms with Crippen molar-refractivity contribution in [3.8, 4) is 0 Å². The molecule has 2 aromatic carbocycles. The quantitative estimate of drug-likeness (QED) is 0.858. The van der Waals surface area contributed by atoms with Crippen molar-refractivity contribution in [1.29, 1.82) is 0 Å². The first-order chi connectivity index (χ1) is 12.5. The molecule has 26 heavy (non-hydrogen) atoms. The molecule has 0 bridgehead atoms. The maximum absolute atomic E-state index is 12.9. The molecule has 3 rings (SSSR count). The average molecular weight is 354 g/mol. The Morgan fingerprint density at radius 3 is 2.35 bits per heavy atom. The van der Waals surface area contributed by atoms with E-state index in [1.165, 1.54) is 30.7 Å². The third kappa shape index (κ3) is 4.84. The molecule has 1 heterocycles. The van der Waals surface area contributed by atoms with Crippen LogP contribution in [0, 0.1) is 11.7 Å². The minimum atomic E-state index is -0.286. The molecule has 0 unspecified atom stereocenters. The highest BCUT2D eigenvalue weighted by molar-refractivity contribution is 5.79. The Kier molecular flexibility index (Phi) is 5.92. The third-order valence-corrected chi connectivity index (χ3v) is 5.20. The predicted molar refractivity (Wildman–Crippen MR) is 104 cm³/mol. The van der Waals surface area contributed by atoms with Gasteiger partial charge in [0.05, 0.1) is 12.5 Å². The predicted octanol–water partition coefficient (Wildman–Crippen LogP) is 4.48. The number of nitrogens with zero attached hydrogens (tertiary/aromatic N) is 1. The second-order valence-electron chi connectivity index (χ2n) is 7.35. The van der Waals surface area contributed by atoms with Crippen LogP contribution in [0.1, 0.15) is 43.9 Å². The topological polar surface area (TPSA) is 32.3 Å². The maximum Gasteiger partial charge on any atom is 0.224 e. The molecular formula is C22H27FN2O. The number of piperidine rings is 1. The molecule has 1 saturated heterocycles. The number of rotatable bonds is 5. The fraction of sp³-hybridized carbons (Fsp3) is 0.409. The molecule has 1 atom stereocenters. The van der Waals surface area contributed by atoms with Crippen LogP contribution in [0.5, 0.6) is 0 Å². The molecule has 1 aliphatic rings. The monoisotopic (exact) mass is 354 g/mol. The summed E-state index contributed by atoms with van der Waals surface area (Å²) in [6.45, 7) is 6.53. The van der Waals surface area contributed by atoms with Crippen LogP contribution in [0.15, 0.2) is 48.5 Å². The highest BCUT2D eigenvalue weighted by atomic mass is 19.1. The maximum atomic E-state index is 12.9. The van der Waals surface area contributed by atoms with Gasteiger partial charge in [-0.1, -0.05) is 31.2 Å². The molecule has 0 aromatic heterocycles. The van der Waals surface area contributed by atoms with Gasteiger partial charge in [0.15, 0.2) is 0 Å². The molecule has 138 valence electrons. The van der Waals surface area contributed by atoms with E-state index in [1.54, 1.807) is 12.1 Å². The van der Waals surface area contributed by atoms with E-state index < -0.39 is 0 Å². The van der Waals surface area contributed by atoms with Crippen LogP contribution < -0.4 is 10.2 Å². The first kappa shape index (κ1) is 18.4. The number of carbonyl (C=O) groups is 1. The molecule has 2 aromatic rings. The summed E-state index contributed by atoms with van der Waals surface area (Å²) in [4.78, 5) is 14.6. The van der Waals surface area contributed by atoms with Crippen molar-refractivity contribution < 1.29 is 9.18 Å². The van der Waals surface area contributed by atoms with Gasteiger partial charge < -0.3 is 10.2 Å². The third-order valence-electron chi connectivity index (χ3n) is 5.20. The number of hydrogen-bond acceptors (Lipinski definition) is 2. The van der Waals surface area contributed by atoms with Crippen LogP contribution in [0.25, 0.3) is 0 Å². The fourth-order valence-electron chi connectivity index (χ4n) is 3.40. The molecule has 0 radical (unpaired) electrons. The molecule has 0 saturated carbocycles. The van der Waals surface area contributed by atoms with Gasteiger partial charge >= 0.3 is 0 Å². The largest absolute Gasteiger partial charge is 0.372 e. The molecule has 1 amide bonds. The number of anilines is 1. The van der Waals surface area contributed by atoms with E-state index >= 15 is 0 Å². The van der Waals surface area contributed by atoms with Gasteiger partial charge in [0.25, 0.3) is 0 Å². The molecule has 0 spiro atoms. The van der Waals surface area contributed by atoms with Crippen molar-refractivity contribution in [1.82, 2.24) is 5.32 Å². The Morgan fingerprint density at radius 1 is 1.12 bits per heavy atom. The van der Waals surface area contributed by atoms with E-state index in [0.29, 0.717) is 0 Å². The Bertz CT molecular complexity index is 719. The van der Waals surface area contributed by atoms with E-state index in [4.69, 9.17) is 0 Å². The van der Waals surface area contributed by atoms with Crippen LogP contribution in [-0.4, -0.2) is 19.0 Å². The van der Waals surface area contributed by atoms with Gasteiger partial charge in [0, 0.05) is 18.8 Å². The van der Waals surface area contributed by atoms with Crippen molar-refractivity contribution in [3.05, 3.63) is 65.5 Å². The number of amides is 1. The summed E-state index contributed by atoms with van der Waals surface area (Å²) in [7, 11) is 0. The number of benzene rings is 2. The zero-order chi connectivity index (χ0) is 18.5. The second-order valence-corrected chi connectivity index (χ2v) is 7.35. The smallest absolute Gasteiger partial charge is 0.224 e. The summed E-state index contributed by atoms with van der Waals surface area (Å²) in [5.41, 5.74) is 3.16. The summed E-state index contributed by atoms with van der Waals surface area (Å²) in [5, 5.41) is 3.02. The van der Waals surface area contributed by atoms with Gasteiger partial charge in [0.2, 0.25) is 5.91 Å². The lowest BCUT2D eigenvalue weighted by Crippen LogP contribution is -2.32. The minimum absolute atomic E-state index is 0.0571.